The van der Waals surface area contributed by atoms with E-state index in [1.165, 1.54) is 18.9 Å². The second kappa shape index (κ2) is 6.57. The normalized spacial score (nSPS) is 10.3. The van der Waals surface area contributed by atoms with Crippen molar-refractivity contribution in [3.8, 4) is 0 Å². The van der Waals surface area contributed by atoms with Gasteiger partial charge < -0.3 is 4.74 Å². The van der Waals surface area contributed by atoms with E-state index >= 15 is 0 Å². The van der Waals surface area contributed by atoms with E-state index in [1.54, 1.807) is 36.4 Å². The third-order valence-corrected chi connectivity index (χ3v) is 3.97. The molecule has 0 aromatic heterocycles. The van der Waals surface area contributed by atoms with E-state index in [0.717, 1.165) is 16.9 Å². The Kier molecular flexibility index (Phi) is 4.79. The number of esters is 1. The van der Waals surface area contributed by atoms with Crippen LogP contribution in [0, 0.1) is 5.82 Å². The predicted molar refractivity (Wildman–Crippen MR) is 77.7 cm³/mol. The Balaban J connectivity index is 2.16. The van der Waals surface area contributed by atoms with Gasteiger partial charge >= 0.3 is 5.97 Å². The van der Waals surface area contributed by atoms with Gasteiger partial charge in [0, 0.05) is 9.79 Å². The van der Waals surface area contributed by atoms with E-state index in [9.17, 15) is 9.18 Å². The van der Waals surface area contributed by atoms with Crippen LogP contribution >= 0.6 is 11.8 Å². The summed E-state index contributed by atoms with van der Waals surface area (Å²) in [6, 6.07) is 12.2. The standard InChI is InChI=1S/C16H15FO2S/c1-3-11-4-9-15(14(17)10-11)20-13-7-5-12(6-8-13)16(18)19-2/h4-10H,3H2,1-2H3. The SMILES string of the molecule is CCc1ccc(Sc2ccc(C(=O)OC)cc2)c(F)c1. The lowest BCUT2D eigenvalue weighted by molar-refractivity contribution is 0.0600. The van der Waals surface area contributed by atoms with Crippen LogP contribution in [0.5, 0.6) is 0 Å². The van der Waals surface area contributed by atoms with Crippen LogP contribution in [0.1, 0.15) is 22.8 Å². The molecule has 0 aliphatic carbocycles. The first kappa shape index (κ1) is 14.6. The Morgan fingerprint density at radius 3 is 2.45 bits per heavy atom. The molecule has 0 aliphatic rings. The molecule has 4 heteroatoms. The number of aryl methyl sites for hydroxylation is 1. The lowest BCUT2D eigenvalue weighted by Gasteiger charge is -2.06. The molecule has 104 valence electrons. The van der Waals surface area contributed by atoms with Gasteiger partial charge in [0.15, 0.2) is 0 Å². The molecule has 2 nitrogen and oxygen atoms in total. The minimum Gasteiger partial charge on any atom is -0.465 e. The molecule has 2 aromatic rings. The Morgan fingerprint density at radius 2 is 1.90 bits per heavy atom. The van der Waals surface area contributed by atoms with Crippen LogP contribution in [0.25, 0.3) is 0 Å². The molecule has 0 unspecified atom stereocenters. The van der Waals surface area contributed by atoms with Gasteiger partial charge in [-0.25, -0.2) is 9.18 Å². The van der Waals surface area contributed by atoms with Gasteiger partial charge in [-0.1, -0.05) is 24.8 Å². The highest BCUT2D eigenvalue weighted by Crippen LogP contribution is 2.30. The summed E-state index contributed by atoms with van der Waals surface area (Å²) in [5.41, 5.74) is 1.46. The van der Waals surface area contributed by atoms with Crippen molar-refractivity contribution >= 4 is 17.7 Å². The average molecular weight is 290 g/mol. The van der Waals surface area contributed by atoms with E-state index in [2.05, 4.69) is 4.74 Å². The molecule has 0 fully saturated rings. The number of halogens is 1. The van der Waals surface area contributed by atoms with E-state index in [-0.39, 0.29) is 11.8 Å². The summed E-state index contributed by atoms with van der Waals surface area (Å²) in [5, 5.41) is 0. The highest BCUT2D eigenvalue weighted by Gasteiger charge is 2.07. The molecule has 0 saturated carbocycles. The van der Waals surface area contributed by atoms with Crippen LogP contribution in [0.2, 0.25) is 0 Å². The van der Waals surface area contributed by atoms with Crippen LogP contribution in [0.3, 0.4) is 0 Å². The van der Waals surface area contributed by atoms with Crippen molar-refractivity contribution in [1.82, 2.24) is 0 Å². The van der Waals surface area contributed by atoms with Crippen LogP contribution < -0.4 is 0 Å². The minimum absolute atomic E-state index is 0.216. The molecule has 0 bridgehead atoms. The summed E-state index contributed by atoms with van der Waals surface area (Å²) < 4.78 is 18.5. The topological polar surface area (TPSA) is 26.3 Å². The number of rotatable bonds is 4. The molecule has 0 radical (unpaired) electrons. The molecule has 0 heterocycles. The largest absolute Gasteiger partial charge is 0.465 e. The lowest BCUT2D eigenvalue weighted by atomic mass is 10.2. The van der Waals surface area contributed by atoms with Crippen molar-refractivity contribution in [2.75, 3.05) is 7.11 Å². The van der Waals surface area contributed by atoms with Gasteiger partial charge in [-0.2, -0.15) is 0 Å². The van der Waals surface area contributed by atoms with Crippen molar-refractivity contribution in [2.24, 2.45) is 0 Å². The first-order valence-corrected chi connectivity index (χ1v) is 7.10. The van der Waals surface area contributed by atoms with Crippen molar-refractivity contribution in [3.05, 3.63) is 59.4 Å². The second-order valence-corrected chi connectivity index (χ2v) is 5.35. The molecular formula is C16H15FO2S. The Morgan fingerprint density at radius 1 is 1.20 bits per heavy atom. The zero-order valence-corrected chi connectivity index (χ0v) is 12.2. The van der Waals surface area contributed by atoms with Crippen molar-refractivity contribution in [3.63, 3.8) is 0 Å². The number of hydrogen-bond acceptors (Lipinski definition) is 3. The fourth-order valence-corrected chi connectivity index (χ4v) is 2.57. The molecule has 0 saturated heterocycles. The van der Waals surface area contributed by atoms with E-state index in [4.69, 9.17) is 0 Å². The molecular weight excluding hydrogens is 275 g/mol. The number of ether oxygens (including phenoxy) is 1. The monoisotopic (exact) mass is 290 g/mol. The first-order valence-electron chi connectivity index (χ1n) is 6.28. The number of methoxy groups -OCH3 is 1. The molecule has 0 aliphatic heterocycles. The smallest absolute Gasteiger partial charge is 0.337 e. The number of benzene rings is 2. The Hall–Kier alpha value is -1.81. The minimum atomic E-state index is -0.375. The van der Waals surface area contributed by atoms with E-state index < -0.39 is 0 Å². The number of carbonyl (C=O) groups is 1. The maximum atomic E-state index is 13.9. The quantitative estimate of drug-likeness (QED) is 0.784. The van der Waals surface area contributed by atoms with Gasteiger partial charge in [0.25, 0.3) is 0 Å². The van der Waals surface area contributed by atoms with Gasteiger partial charge in [0.05, 0.1) is 12.7 Å². The summed E-state index contributed by atoms with van der Waals surface area (Å²) >= 11 is 1.33. The number of hydrogen-bond donors (Lipinski definition) is 0. The lowest BCUT2D eigenvalue weighted by Crippen LogP contribution is -2.00. The third-order valence-electron chi connectivity index (χ3n) is 2.91. The molecule has 0 atom stereocenters. The Labute approximate surface area is 122 Å². The maximum absolute atomic E-state index is 13.9. The van der Waals surface area contributed by atoms with Crippen molar-refractivity contribution in [2.45, 2.75) is 23.1 Å². The van der Waals surface area contributed by atoms with Crippen molar-refractivity contribution in [1.29, 1.82) is 0 Å². The van der Waals surface area contributed by atoms with Gasteiger partial charge in [-0.3, -0.25) is 0 Å². The fraction of sp³-hybridized carbons (Fsp3) is 0.188. The van der Waals surface area contributed by atoms with Crippen molar-refractivity contribution < 1.29 is 13.9 Å². The summed E-state index contributed by atoms with van der Waals surface area (Å²) in [4.78, 5) is 12.8. The molecule has 2 aromatic carbocycles. The molecule has 0 amide bonds. The average Bonchev–Trinajstić information content (AvgIpc) is 2.49. The third kappa shape index (κ3) is 3.39. The first-order chi connectivity index (χ1) is 9.63. The second-order valence-electron chi connectivity index (χ2n) is 4.24. The number of carbonyl (C=O) groups excluding carboxylic acids is 1. The van der Waals surface area contributed by atoms with E-state index in [1.807, 2.05) is 13.0 Å². The van der Waals surface area contributed by atoms with Gasteiger partial charge in [-0.05, 0) is 48.4 Å². The van der Waals surface area contributed by atoms with Crippen LogP contribution in [-0.4, -0.2) is 13.1 Å². The Bertz CT molecular complexity index is 608. The highest BCUT2D eigenvalue weighted by molar-refractivity contribution is 7.99. The zero-order chi connectivity index (χ0) is 14.5. The van der Waals surface area contributed by atoms with Crippen LogP contribution in [-0.2, 0) is 11.2 Å². The molecule has 2 rings (SSSR count). The highest BCUT2D eigenvalue weighted by atomic mass is 32.2. The summed E-state index contributed by atoms with van der Waals surface area (Å²) in [6.07, 6.45) is 0.815. The van der Waals surface area contributed by atoms with Gasteiger partial charge in [-0.15, -0.1) is 0 Å². The van der Waals surface area contributed by atoms with Gasteiger partial charge in [0.2, 0.25) is 0 Å². The summed E-state index contributed by atoms with van der Waals surface area (Å²) in [7, 11) is 1.34. The van der Waals surface area contributed by atoms with Gasteiger partial charge in [0.1, 0.15) is 5.82 Å². The molecule has 0 N–H and O–H groups in total. The summed E-state index contributed by atoms with van der Waals surface area (Å²) in [5.74, 6) is -0.591. The fourth-order valence-electron chi connectivity index (χ4n) is 1.75. The maximum Gasteiger partial charge on any atom is 0.337 e. The molecule has 0 spiro atoms. The molecule has 20 heavy (non-hydrogen) atoms. The van der Waals surface area contributed by atoms with Crippen LogP contribution in [0.15, 0.2) is 52.3 Å². The zero-order valence-electron chi connectivity index (χ0n) is 11.4. The summed E-state index contributed by atoms with van der Waals surface area (Å²) in [6.45, 7) is 1.99. The predicted octanol–water partition coefficient (Wildman–Crippen LogP) is 4.33. The van der Waals surface area contributed by atoms with Crippen LogP contribution in [0.4, 0.5) is 4.39 Å². The van der Waals surface area contributed by atoms with E-state index in [0.29, 0.717) is 10.5 Å².